The fourth-order valence-corrected chi connectivity index (χ4v) is 2.93. The standard InChI is InChI=1S/C13H24N2O2/c14-10-13(6-2-1-3-7-13)15-12(16)11-4-8-17-9-5-11/h11H,1-10,14H2,(H,15,16). The smallest absolute Gasteiger partial charge is 0.223 e. The molecule has 17 heavy (non-hydrogen) atoms. The van der Waals surface area contributed by atoms with Crippen LogP contribution in [0.3, 0.4) is 0 Å². The van der Waals surface area contributed by atoms with Crippen LogP contribution in [0.4, 0.5) is 0 Å². The summed E-state index contributed by atoms with van der Waals surface area (Å²) in [4.78, 5) is 12.2. The topological polar surface area (TPSA) is 64.3 Å². The maximum atomic E-state index is 12.2. The molecule has 0 radical (unpaired) electrons. The van der Waals surface area contributed by atoms with Crippen LogP contribution in [0, 0.1) is 5.92 Å². The molecule has 1 aliphatic heterocycles. The monoisotopic (exact) mass is 240 g/mol. The van der Waals surface area contributed by atoms with E-state index in [1.165, 1.54) is 19.3 Å². The van der Waals surface area contributed by atoms with E-state index in [2.05, 4.69) is 5.32 Å². The molecule has 0 aromatic heterocycles. The van der Waals surface area contributed by atoms with Crippen LogP contribution in [-0.4, -0.2) is 31.2 Å². The third kappa shape index (κ3) is 3.19. The average molecular weight is 240 g/mol. The van der Waals surface area contributed by atoms with Crippen molar-refractivity contribution in [2.75, 3.05) is 19.8 Å². The Labute approximate surface area is 103 Å². The molecule has 1 amide bonds. The highest BCUT2D eigenvalue weighted by Crippen LogP contribution is 2.28. The van der Waals surface area contributed by atoms with E-state index in [1.807, 2.05) is 0 Å². The lowest BCUT2D eigenvalue weighted by Crippen LogP contribution is -2.56. The van der Waals surface area contributed by atoms with E-state index < -0.39 is 0 Å². The quantitative estimate of drug-likeness (QED) is 0.779. The molecule has 0 bridgehead atoms. The van der Waals surface area contributed by atoms with Gasteiger partial charge in [-0.15, -0.1) is 0 Å². The third-order valence-electron chi connectivity index (χ3n) is 4.18. The number of hydrogen-bond donors (Lipinski definition) is 2. The van der Waals surface area contributed by atoms with Gasteiger partial charge in [-0.1, -0.05) is 19.3 Å². The molecule has 2 rings (SSSR count). The summed E-state index contributed by atoms with van der Waals surface area (Å²) in [6.45, 7) is 2.00. The number of rotatable bonds is 3. The zero-order valence-electron chi connectivity index (χ0n) is 10.5. The van der Waals surface area contributed by atoms with E-state index in [9.17, 15) is 4.79 Å². The number of hydrogen-bond acceptors (Lipinski definition) is 3. The molecule has 0 aromatic rings. The van der Waals surface area contributed by atoms with Crippen LogP contribution < -0.4 is 11.1 Å². The Morgan fingerprint density at radius 2 is 1.88 bits per heavy atom. The highest BCUT2D eigenvalue weighted by molar-refractivity contribution is 5.79. The second kappa shape index (κ2) is 5.83. The van der Waals surface area contributed by atoms with E-state index in [4.69, 9.17) is 10.5 Å². The Balaban J connectivity index is 1.90. The minimum atomic E-state index is -0.117. The Bertz CT molecular complexity index is 256. The van der Waals surface area contributed by atoms with Crippen molar-refractivity contribution in [1.29, 1.82) is 0 Å². The molecule has 4 heteroatoms. The number of ether oxygens (including phenoxy) is 1. The molecule has 0 unspecified atom stereocenters. The molecule has 3 N–H and O–H groups in total. The van der Waals surface area contributed by atoms with Crippen molar-refractivity contribution in [3.63, 3.8) is 0 Å². The summed E-state index contributed by atoms with van der Waals surface area (Å²) in [7, 11) is 0. The van der Waals surface area contributed by atoms with Crippen LogP contribution in [0.15, 0.2) is 0 Å². The molecule has 2 fully saturated rings. The Hall–Kier alpha value is -0.610. The van der Waals surface area contributed by atoms with Gasteiger partial charge in [-0.3, -0.25) is 4.79 Å². The molecule has 0 atom stereocenters. The van der Waals surface area contributed by atoms with E-state index in [0.29, 0.717) is 19.8 Å². The molecular formula is C13H24N2O2. The van der Waals surface area contributed by atoms with Crippen molar-refractivity contribution in [2.45, 2.75) is 50.5 Å². The van der Waals surface area contributed by atoms with Crippen molar-refractivity contribution < 1.29 is 9.53 Å². The zero-order chi connectivity index (χ0) is 12.1. The number of amides is 1. The summed E-state index contributed by atoms with van der Waals surface area (Å²) in [5.41, 5.74) is 5.76. The highest BCUT2D eigenvalue weighted by Gasteiger charge is 2.34. The molecular weight excluding hydrogens is 216 g/mol. The maximum absolute atomic E-state index is 12.2. The first-order valence-corrected chi connectivity index (χ1v) is 6.86. The maximum Gasteiger partial charge on any atom is 0.223 e. The second-order valence-electron chi connectivity index (χ2n) is 5.42. The van der Waals surface area contributed by atoms with Gasteiger partial charge in [0.2, 0.25) is 5.91 Å². The van der Waals surface area contributed by atoms with Gasteiger partial charge >= 0.3 is 0 Å². The van der Waals surface area contributed by atoms with Gasteiger partial charge in [0, 0.05) is 25.7 Å². The first kappa shape index (κ1) is 12.8. The normalized spacial score (nSPS) is 25.5. The van der Waals surface area contributed by atoms with Crippen LogP contribution in [0.25, 0.3) is 0 Å². The number of nitrogens with two attached hydrogens (primary N) is 1. The minimum absolute atomic E-state index is 0.117. The zero-order valence-corrected chi connectivity index (χ0v) is 10.5. The molecule has 0 aromatic carbocycles. The van der Waals surface area contributed by atoms with E-state index in [-0.39, 0.29) is 17.4 Å². The van der Waals surface area contributed by atoms with Crippen LogP contribution in [0.2, 0.25) is 0 Å². The van der Waals surface area contributed by atoms with Crippen molar-refractivity contribution in [3.05, 3.63) is 0 Å². The lowest BCUT2D eigenvalue weighted by molar-refractivity contribution is -0.130. The predicted octanol–water partition coefficient (Wildman–Crippen LogP) is 1.19. The first-order valence-electron chi connectivity index (χ1n) is 6.86. The molecule has 1 saturated heterocycles. The minimum Gasteiger partial charge on any atom is -0.381 e. The SMILES string of the molecule is NCC1(NC(=O)C2CCOCC2)CCCCC1. The van der Waals surface area contributed by atoms with Gasteiger partial charge in [0.15, 0.2) is 0 Å². The molecule has 1 aliphatic carbocycles. The summed E-state index contributed by atoms with van der Waals surface area (Å²) in [6.07, 6.45) is 7.43. The van der Waals surface area contributed by atoms with E-state index in [0.717, 1.165) is 25.7 Å². The van der Waals surface area contributed by atoms with Gasteiger partial charge in [0.25, 0.3) is 0 Å². The van der Waals surface area contributed by atoms with Crippen LogP contribution in [0.5, 0.6) is 0 Å². The van der Waals surface area contributed by atoms with E-state index >= 15 is 0 Å². The molecule has 2 aliphatic rings. The number of carbonyl (C=O) groups excluding carboxylic acids is 1. The average Bonchev–Trinajstić information content (AvgIpc) is 2.41. The molecule has 4 nitrogen and oxygen atoms in total. The van der Waals surface area contributed by atoms with Crippen molar-refractivity contribution in [3.8, 4) is 0 Å². The first-order chi connectivity index (χ1) is 8.26. The summed E-state index contributed by atoms with van der Waals surface area (Å²) >= 11 is 0. The molecule has 0 spiro atoms. The molecule has 98 valence electrons. The fraction of sp³-hybridized carbons (Fsp3) is 0.923. The van der Waals surface area contributed by atoms with Crippen molar-refractivity contribution in [2.24, 2.45) is 11.7 Å². The fourth-order valence-electron chi connectivity index (χ4n) is 2.93. The van der Waals surface area contributed by atoms with Gasteiger partial charge in [-0.25, -0.2) is 0 Å². The van der Waals surface area contributed by atoms with Crippen LogP contribution in [-0.2, 0) is 9.53 Å². The lowest BCUT2D eigenvalue weighted by atomic mass is 9.81. The van der Waals surface area contributed by atoms with Gasteiger partial charge in [-0.05, 0) is 25.7 Å². The summed E-state index contributed by atoms with van der Waals surface area (Å²) in [5, 5.41) is 3.23. The predicted molar refractivity (Wildman–Crippen MR) is 66.6 cm³/mol. The van der Waals surface area contributed by atoms with Gasteiger partial charge in [-0.2, -0.15) is 0 Å². The van der Waals surface area contributed by atoms with E-state index in [1.54, 1.807) is 0 Å². The highest BCUT2D eigenvalue weighted by atomic mass is 16.5. The molecule has 1 heterocycles. The van der Waals surface area contributed by atoms with Gasteiger partial charge in [0.1, 0.15) is 0 Å². The van der Waals surface area contributed by atoms with Gasteiger partial charge < -0.3 is 15.8 Å². The lowest BCUT2D eigenvalue weighted by Gasteiger charge is -2.38. The Morgan fingerprint density at radius 3 is 2.47 bits per heavy atom. The Kier molecular flexibility index (Phi) is 4.40. The second-order valence-corrected chi connectivity index (χ2v) is 5.42. The van der Waals surface area contributed by atoms with Crippen LogP contribution >= 0.6 is 0 Å². The summed E-state index contributed by atoms with van der Waals surface area (Å²) < 4.78 is 5.29. The third-order valence-corrected chi connectivity index (χ3v) is 4.18. The Morgan fingerprint density at radius 1 is 1.24 bits per heavy atom. The van der Waals surface area contributed by atoms with Crippen molar-refractivity contribution in [1.82, 2.24) is 5.32 Å². The summed E-state index contributed by atoms with van der Waals surface area (Å²) in [5.74, 6) is 0.328. The molecule has 1 saturated carbocycles. The van der Waals surface area contributed by atoms with Crippen LogP contribution in [0.1, 0.15) is 44.9 Å². The largest absolute Gasteiger partial charge is 0.381 e. The van der Waals surface area contributed by atoms with Crippen molar-refractivity contribution >= 4 is 5.91 Å². The summed E-state index contributed by atoms with van der Waals surface area (Å²) in [6, 6.07) is 0. The number of carbonyl (C=O) groups is 1. The van der Waals surface area contributed by atoms with Gasteiger partial charge in [0.05, 0.1) is 5.54 Å². The number of nitrogens with one attached hydrogen (secondary N) is 1.